The van der Waals surface area contributed by atoms with Gasteiger partial charge in [-0.3, -0.25) is 4.98 Å². The highest BCUT2D eigenvalue weighted by Crippen LogP contribution is 2.56. The second kappa shape index (κ2) is 12.7. The number of anilines is 3. The largest absolute Gasteiger partial charge is 0.309 e. The van der Waals surface area contributed by atoms with Crippen molar-refractivity contribution in [3.8, 4) is 33.4 Å². The normalized spacial score (nSPS) is 14.5. The zero-order chi connectivity index (χ0) is 34.2. The minimum absolute atomic E-state index is 0.241. The zero-order valence-electron chi connectivity index (χ0n) is 27.8. The molecule has 1 aliphatic rings. The zero-order valence-corrected chi connectivity index (χ0v) is 27.8. The van der Waals surface area contributed by atoms with Gasteiger partial charge in [-0.2, -0.15) is 0 Å². The molecule has 2 nitrogen and oxygen atoms in total. The minimum atomic E-state index is -0.656. The van der Waals surface area contributed by atoms with E-state index in [-0.39, 0.29) is 5.82 Å². The van der Waals surface area contributed by atoms with Crippen LogP contribution in [-0.2, 0) is 5.41 Å². The first-order chi connectivity index (χ1) is 25.2. The average molecular weight is 657 g/mol. The third kappa shape index (κ3) is 5.05. The van der Waals surface area contributed by atoms with E-state index in [4.69, 9.17) is 0 Å². The van der Waals surface area contributed by atoms with Crippen LogP contribution in [0.2, 0.25) is 0 Å². The van der Waals surface area contributed by atoms with E-state index in [0.717, 1.165) is 72.7 Å². The fourth-order valence-electron chi connectivity index (χ4n) is 7.96. The smallest absolute Gasteiger partial charge is 0.123 e. The van der Waals surface area contributed by atoms with Crippen LogP contribution in [0.3, 0.4) is 0 Å². The number of aromatic nitrogens is 1. The van der Waals surface area contributed by atoms with E-state index in [2.05, 4.69) is 168 Å². The summed E-state index contributed by atoms with van der Waals surface area (Å²) in [5, 5.41) is 0. The van der Waals surface area contributed by atoms with E-state index < -0.39 is 5.41 Å². The SMILES string of the molecule is Fc1ccc2c(c1)-c1ccccc1C2(c1ccc(-c2ccccc2N(c2ccccc2)c2ccccc2-c2ccccc2)cc1)c1cccnc1. The van der Waals surface area contributed by atoms with E-state index in [1.54, 1.807) is 18.3 Å². The lowest BCUT2D eigenvalue weighted by Crippen LogP contribution is -2.28. The van der Waals surface area contributed by atoms with Gasteiger partial charge in [-0.15, -0.1) is 0 Å². The fourth-order valence-corrected chi connectivity index (χ4v) is 7.96. The summed E-state index contributed by atoms with van der Waals surface area (Å²) >= 11 is 0. The Hall–Kier alpha value is -6.58. The van der Waals surface area contributed by atoms with Crippen LogP contribution < -0.4 is 4.90 Å². The number of nitrogens with zero attached hydrogens (tertiary/aromatic N) is 2. The monoisotopic (exact) mass is 656 g/mol. The molecular formula is C48H33FN2. The molecule has 0 saturated carbocycles. The van der Waals surface area contributed by atoms with Crippen molar-refractivity contribution in [2.24, 2.45) is 0 Å². The minimum Gasteiger partial charge on any atom is -0.309 e. The standard InChI is InChI=1S/C48H33FN2/c49-38-29-30-45-43(32-38)42-21-7-10-22-44(42)48(45,37-16-13-31-50-33-37)36-27-25-35(26-28-36)41-20-9-12-24-47(41)51(39-17-5-2-6-18-39)46-23-11-8-19-40(46)34-14-3-1-4-15-34/h1-33H. The van der Waals surface area contributed by atoms with Crippen LogP contribution in [0, 0.1) is 5.82 Å². The van der Waals surface area contributed by atoms with Crippen molar-refractivity contribution in [1.82, 2.24) is 4.98 Å². The average Bonchev–Trinajstić information content (AvgIpc) is 3.50. The van der Waals surface area contributed by atoms with Crippen molar-refractivity contribution in [3.05, 3.63) is 229 Å². The van der Waals surface area contributed by atoms with Crippen LogP contribution in [0.25, 0.3) is 33.4 Å². The van der Waals surface area contributed by atoms with Gasteiger partial charge in [-0.1, -0.05) is 146 Å². The van der Waals surface area contributed by atoms with Gasteiger partial charge in [0.15, 0.2) is 0 Å². The molecule has 1 unspecified atom stereocenters. The van der Waals surface area contributed by atoms with Crippen LogP contribution in [0.1, 0.15) is 22.3 Å². The highest BCUT2D eigenvalue weighted by molar-refractivity contribution is 5.93. The van der Waals surface area contributed by atoms with Gasteiger partial charge in [0.25, 0.3) is 0 Å². The number of rotatable bonds is 7. The molecule has 0 radical (unpaired) electrons. The number of hydrogen-bond acceptors (Lipinski definition) is 2. The lowest BCUT2D eigenvalue weighted by Gasteiger charge is -2.33. The van der Waals surface area contributed by atoms with Crippen molar-refractivity contribution in [2.45, 2.75) is 5.41 Å². The van der Waals surface area contributed by atoms with Crippen LogP contribution in [0.4, 0.5) is 21.5 Å². The Morgan fingerprint density at radius 2 is 1.00 bits per heavy atom. The third-order valence-corrected chi connectivity index (χ3v) is 10.1. The highest BCUT2D eigenvalue weighted by atomic mass is 19.1. The molecule has 1 heterocycles. The summed E-state index contributed by atoms with van der Waals surface area (Å²) in [4.78, 5) is 6.93. The maximum absolute atomic E-state index is 14.8. The molecule has 3 heteroatoms. The number of hydrogen-bond donors (Lipinski definition) is 0. The first-order valence-electron chi connectivity index (χ1n) is 17.2. The van der Waals surface area contributed by atoms with Gasteiger partial charge >= 0.3 is 0 Å². The third-order valence-electron chi connectivity index (χ3n) is 10.1. The quantitative estimate of drug-likeness (QED) is 0.170. The molecule has 51 heavy (non-hydrogen) atoms. The highest BCUT2D eigenvalue weighted by Gasteiger charge is 2.46. The molecule has 0 bridgehead atoms. The molecular weight excluding hydrogens is 624 g/mol. The first-order valence-corrected chi connectivity index (χ1v) is 17.2. The number of para-hydroxylation sites is 3. The number of halogens is 1. The Bertz CT molecular complexity index is 2480. The number of benzene rings is 7. The van der Waals surface area contributed by atoms with Crippen molar-refractivity contribution in [1.29, 1.82) is 0 Å². The Morgan fingerprint density at radius 3 is 1.67 bits per heavy atom. The van der Waals surface area contributed by atoms with Crippen LogP contribution >= 0.6 is 0 Å². The summed E-state index contributed by atoms with van der Waals surface area (Å²) < 4.78 is 14.8. The van der Waals surface area contributed by atoms with Gasteiger partial charge in [-0.05, 0) is 87.0 Å². The molecule has 8 aromatic rings. The predicted octanol–water partition coefficient (Wildman–Crippen LogP) is 12.4. The van der Waals surface area contributed by atoms with E-state index >= 15 is 0 Å². The van der Waals surface area contributed by atoms with E-state index in [9.17, 15) is 4.39 Å². The molecule has 242 valence electrons. The molecule has 1 aliphatic carbocycles. The van der Waals surface area contributed by atoms with E-state index in [1.165, 1.54) is 0 Å². The van der Waals surface area contributed by atoms with Crippen molar-refractivity contribution >= 4 is 17.1 Å². The predicted molar refractivity (Wildman–Crippen MR) is 207 cm³/mol. The van der Waals surface area contributed by atoms with Crippen LogP contribution in [0.15, 0.2) is 200 Å². The Morgan fingerprint density at radius 1 is 0.431 bits per heavy atom. The maximum atomic E-state index is 14.8. The molecule has 0 saturated heterocycles. The summed E-state index contributed by atoms with van der Waals surface area (Å²) in [6.45, 7) is 0. The summed E-state index contributed by atoms with van der Waals surface area (Å²) in [5.41, 5.74) is 13.4. The molecule has 0 N–H and O–H groups in total. The van der Waals surface area contributed by atoms with Gasteiger partial charge in [0, 0.05) is 29.2 Å². The molecule has 0 fully saturated rings. The van der Waals surface area contributed by atoms with Crippen molar-refractivity contribution in [2.75, 3.05) is 4.90 Å². The molecule has 7 aromatic carbocycles. The molecule has 1 aromatic heterocycles. The van der Waals surface area contributed by atoms with Gasteiger partial charge < -0.3 is 4.90 Å². The van der Waals surface area contributed by atoms with Crippen molar-refractivity contribution in [3.63, 3.8) is 0 Å². The lowest BCUT2D eigenvalue weighted by atomic mass is 9.68. The molecule has 1 atom stereocenters. The summed E-state index contributed by atoms with van der Waals surface area (Å²) in [7, 11) is 0. The number of fused-ring (bicyclic) bond motifs is 3. The van der Waals surface area contributed by atoms with Crippen LogP contribution in [-0.4, -0.2) is 4.98 Å². The molecule has 0 spiro atoms. The lowest BCUT2D eigenvalue weighted by molar-refractivity contribution is 0.626. The molecule has 0 amide bonds. The maximum Gasteiger partial charge on any atom is 0.123 e. The fraction of sp³-hybridized carbons (Fsp3) is 0.0208. The summed E-state index contributed by atoms with van der Waals surface area (Å²) in [6.07, 6.45) is 3.75. The van der Waals surface area contributed by atoms with Gasteiger partial charge in [-0.25, -0.2) is 4.39 Å². The van der Waals surface area contributed by atoms with Crippen molar-refractivity contribution < 1.29 is 4.39 Å². The van der Waals surface area contributed by atoms with Gasteiger partial charge in [0.05, 0.1) is 16.8 Å². The summed E-state index contributed by atoms with van der Waals surface area (Å²) in [6, 6.07) is 64.9. The van der Waals surface area contributed by atoms with Gasteiger partial charge in [0.2, 0.25) is 0 Å². The number of pyridine rings is 1. The Kier molecular flexibility index (Phi) is 7.59. The Balaban J connectivity index is 1.23. The molecule has 0 aliphatic heterocycles. The van der Waals surface area contributed by atoms with Crippen LogP contribution in [0.5, 0.6) is 0 Å². The second-order valence-electron chi connectivity index (χ2n) is 12.9. The van der Waals surface area contributed by atoms with Gasteiger partial charge in [0.1, 0.15) is 5.82 Å². The summed E-state index contributed by atoms with van der Waals surface area (Å²) in [5.74, 6) is -0.241. The second-order valence-corrected chi connectivity index (χ2v) is 12.9. The molecule has 9 rings (SSSR count). The van der Waals surface area contributed by atoms with E-state index in [1.807, 2.05) is 24.4 Å². The van der Waals surface area contributed by atoms with E-state index in [0.29, 0.717) is 0 Å². The topological polar surface area (TPSA) is 16.1 Å². The first kappa shape index (κ1) is 30.5. The Labute approximate surface area is 297 Å².